The second kappa shape index (κ2) is 6.80. The Morgan fingerprint density at radius 2 is 2.29 bits per heavy atom. The van der Waals surface area contributed by atoms with Gasteiger partial charge in [0.05, 0.1) is 7.11 Å². The van der Waals surface area contributed by atoms with Crippen molar-refractivity contribution in [1.82, 2.24) is 10.2 Å². The molecule has 1 heterocycles. The molecule has 2 unspecified atom stereocenters. The minimum atomic E-state index is 0.102. The Balaban J connectivity index is 2.00. The summed E-state index contributed by atoms with van der Waals surface area (Å²) in [5, 5.41) is 13.0. The molecule has 1 aromatic rings. The van der Waals surface area contributed by atoms with Gasteiger partial charge in [-0.05, 0) is 44.0 Å². The minimum Gasteiger partial charge on any atom is -0.504 e. The van der Waals surface area contributed by atoms with Gasteiger partial charge in [-0.2, -0.15) is 0 Å². The molecule has 1 amide bonds. The Kier molecular flexibility index (Phi) is 5.07. The van der Waals surface area contributed by atoms with Crippen molar-refractivity contribution in [2.75, 3.05) is 20.7 Å². The minimum absolute atomic E-state index is 0.102. The van der Waals surface area contributed by atoms with Crippen LogP contribution in [0.3, 0.4) is 0 Å². The van der Waals surface area contributed by atoms with Crippen LogP contribution in [-0.4, -0.2) is 42.7 Å². The number of benzene rings is 1. The lowest BCUT2D eigenvalue weighted by Gasteiger charge is -2.30. The quantitative estimate of drug-likeness (QED) is 0.887. The maximum absolute atomic E-state index is 12.5. The molecule has 0 aromatic heterocycles. The highest BCUT2D eigenvalue weighted by Crippen LogP contribution is 2.27. The normalized spacial score (nSPS) is 21.9. The summed E-state index contributed by atoms with van der Waals surface area (Å²) in [7, 11) is 3.35. The molecule has 0 radical (unpaired) electrons. The van der Waals surface area contributed by atoms with Crippen LogP contribution in [0, 0.1) is 5.92 Å². The van der Waals surface area contributed by atoms with Crippen LogP contribution in [0.25, 0.3) is 0 Å². The highest BCUT2D eigenvalue weighted by molar-refractivity contribution is 5.78. The van der Waals surface area contributed by atoms with E-state index in [-0.39, 0.29) is 17.6 Å². The van der Waals surface area contributed by atoms with Gasteiger partial charge in [0.25, 0.3) is 0 Å². The SMILES string of the molecule is COc1cc(CN(C)C(=O)C2CCNC(C)C2)ccc1O. The molecule has 1 aliphatic heterocycles. The second-order valence-electron chi connectivity index (χ2n) is 5.78. The third-order valence-corrected chi connectivity index (χ3v) is 4.01. The fourth-order valence-electron chi connectivity index (χ4n) is 2.84. The first kappa shape index (κ1) is 15.6. The van der Waals surface area contributed by atoms with Gasteiger partial charge in [0.2, 0.25) is 5.91 Å². The van der Waals surface area contributed by atoms with Gasteiger partial charge in [-0.15, -0.1) is 0 Å². The molecule has 0 saturated carbocycles. The van der Waals surface area contributed by atoms with E-state index in [9.17, 15) is 9.90 Å². The molecule has 5 nitrogen and oxygen atoms in total. The number of hydrogen-bond donors (Lipinski definition) is 2. The van der Waals surface area contributed by atoms with E-state index in [1.807, 2.05) is 13.1 Å². The molecule has 0 spiro atoms. The zero-order chi connectivity index (χ0) is 15.4. The summed E-state index contributed by atoms with van der Waals surface area (Å²) in [5.74, 6) is 0.840. The molecular weight excluding hydrogens is 268 g/mol. The molecule has 2 N–H and O–H groups in total. The van der Waals surface area contributed by atoms with E-state index in [0.29, 0.717) is 18.3 Å². The van der Waals surface area contributed by atoms with Crippen LogP contribution in [0.15, 0.2) is 18.2 Å². The lowest BCUT2D eigenvalue weighted by atomic mass is 9.92. The maximum Gasteiger partial charge on any atom is 0.225 e. The van der Waals surface area contributed by atoms with Gasteiger partial charge >= 0.3 is 0 Å². The number of piperidine rings is 1. The second-order valence-corrected chi connectivity index (χ2v) is 5.78. The topological polar surface area (TPSA) is 61.8 Å². The number of nitrogens with one attached hydrogen (secondary N) is 1. The lowest BCUT2D eigenvalue weighted by molar-refractivity contribution is -0.135. The van der Waals surface area contributed by atoms with Crippen LogP contribution in [0.5, 0.6) is 11.5 Å². The van der Waals surface area contributed by atoms with Crippen LogP contribution in [-0.2, 0) is 11.3 Å². The first-order valence-electron chi connectivity index (χ1n) is 7.35. The zero-order valence-corrected chi connectivity index (χ0v) is 12.9. The van der Waals surface area contributed by atoms with Gasteiger partial charge in [0.15, 0.2) is 11.5 Å². The first-order valence-corrected chi connectivity index (χ1v) is 7.35. The van der Waals surface area contributed by atoms with Gasteiger partial charge in [-0.3, -0.25) is 4.79 Å². The number of aromatic hydroxyl groups is 1. The predicted octanol–water partition coefficient (Wildman–Crippen LogP) is 1.75. The fourth-order valence-corrected chi connectivity index (χ4v) is 2.84. The number of ether oxygens (including phenoxy) is 1. The van der Waals surface area contributed by atoms with E-state index in [1.165, 1.54) is 7.11 Å². The average Bonchev–Trinajstić information content (AvgIpc) is 2.48. The predicted molar refractivity (Wildman–Crippen MR) is 81.3 cm³/mol. The monoisotopic (exact) mass is 292 g/mol. The summed E-state index contributed by atoms with van der Waals surface area (Å²) >= 11 is 0. The largest absolute Gasteiger partial charge is 0.504 e. The van der Waals surface area contributed by atoms with Crippen molar-refractivity contribution in [3.05, 3.63) is 23.8 Å². The molecule has 0 bridgehead atoms. The van der Waals surface area contributed by atoms with E-state index < -0.39 is 0 Å². The number of methoxy groups -OCH3 is 1. The van der Waals surface area contributed by atoms with Crippen LogP contribution < -0.4 is 10.1 Å². The molecule has 2 atom stereocenters. The summed E-state index contributed by atoms with van der Waals surface area (Å²) in [6.45, 7) is 3.54. The van der Waals surface area contributed by atoms with Crippen LogP contribution >= 0.6 is 0 Å². The van der Waals surface area contributed by atoms with Crippen molar-refractivity contribution in [1.29, 1.82) is 0 Å². The molecule has 1 aliphatic rings. The van der Waals surface area contributed by atoms with E-state index in [1.54, 1.807) is 17.0 Å². The summed E-state index contributed by atoms with van der Waals surface area (Å²) in [4.78, 5) is 14.2. The number of phenolic OH excluding ortho intramolecular Hbond substituents is 1. The number of carbonyl (C=O) groups is 1. The van der Waals surface area contributed by atoms with E-state index in [4.69, 9.17) is 4.74 Å². The molecule has 5 heteroatoms. The van der Waals surface area contributed by atoms with Crippen molar-refractivity contribution in [2.45, 2.75) is 32.4 Å². The smallest absolute Gasteiger partial charge is 0.225 e. The van der Waals surface area contributed by atoms with E-state index in [0.717, 1.165) is 24.9 Å². The van der Waals surface area contributed by atoms with Crippen LogP contribution in [0.1, 0.15) is 25.3 Å². The number of rotatable bonds is 4. The van der Waals surface area contributed by atoms with Crippen LogP contribution in [0.2, 0.25) is 0 Å². The summed E-state index contributed by atoms with van der Waals surface area (Å²) in [6, 6.07) is 5.57. The van der Waals surface area contributed by atoms with Gasteiger partial charge < -0.3 is 20.1 Å². The first-order chi connectivity index (χ1) is 10.0. The van der Waals surface area contributed by atoms with Gasteiger partial charge in [-0.1, -0.05) is 6.07 Å². The molecule has 1 saturated heterocycles. The molecule has 116 valence electrons. The van der Waals surface area contributed by atoms with Gasteiger partial charge in [-0.25, -0.2) is 0 Å². The van der Waals surface area contributed by atoms with E-state index in [2.05, 4.69) is 12.2 Å². The van der Waals surface area contributed by atoms with Crippen molar-refractivity contribution >= 4 is 5.91 Å². The zero-order valence-electron chi connectivity index (χ0n) is 12.9. The van der Waals surface area contributed by atoms with Crippen LogP contribution in [0.4, 0.5) is 0 Å². The Hall–Kier alpha value is -1.75. The lowest BCUT2D eigenvalue weighted by Crippen LogP contribution is -2.42. The Bertz CT molecular complexity index is 504. The maximum atomic E-state index is 12.5. The van der Waals surface area contributed by atoms with Crippen molar-refractivity contribution in [3.63, 3.8) is 0 Å². The molecular formula is C16H24N2O3. The fraction of sp³-hybridized carbons (Fsp3) is 0.562. The molecule has 2 rings (SSSR count). The third kappa shape index (κ3) is 3.88. The Labute approximate surface area is 125 Å². The summed E-state index contributed by atoms with van der Waals surface area (Å²) in [5.41, 5.74) is 0.947. The standard InChI is InChI=1S/C16H24N2O3/c1-11-8-13(6-7-17-11)16(20)18(2)10-12-4-5-14(19)15(9-12)21-3/h4-5,9,11,13,17,19H,6-8,10H2,1-3H3. The number of nitrogens with zero attached hydrogens (tertiary/aromatic N) is 1. The highest BCUT2D eigenvalue weighted by atomic mass is 16.5. The number of carbonyl (C=O) groups excluding carboxylic acids is 1. The summed E-state index contributed by atoms with van der Waals surface area (Å²) < 4.78 is 5.10. The number of hydrogen-bond acceptors (Lipinski definition) is 4. The van der Waals surface area contributed by atoms with Crippen molar-refractivity contribution in [3.8, 4) is 11.5 Å². The highest BCUT2D eigenvalue weighted by Gasteiger charge is 2.27. The van der Waals surface area contributed by atoms with Crippen molar-refractivity contribution in [2.24, 2.45) is 5.92 Å². The van der Waals surface area contributed by atoms with Gasteiger partial charge in [0.1, 0.15) is 0 Å². The number of amides is 1. The molecule has 1 fully saturated rings. The molecule has 21 heavy (non-hydrogen) atoms. The molecule has 1 aromatic carbocycles. The molecule has 0 aliphatic carbocycles. The third-order valence-electron chi connectivity index (χ3n) is 4.01. The number of phenols is 1. The Morgan fingerprint density at radius 3 is 2.95 bits per heavy atom. The van der Waals surface area contributed by atoms with E-state index >= 15 is 0 Å². The Morgan fingerprint density at radius 1 is 1.52 bits per heavy atom. The van der Waals surface area contributed by atoms with Crippen molar-refractivity contribution < 1.29 is 14.6 Å². The van der Waals surface area contributed by atoms with Gasteiger partial charge in [0, 0.05) is 25.6 Å². The average molecular weight is 292 g/mol. The summed E-state index contributed by atoms with van der Waals surface area (Å²) in [6.07, 6.45) is 1.79.